The molecule has 1 aliphatic rings. The van der Waals surface area contributed by atoms with E-state index in [0.717, 1.165) is 22.6 Å². The maximum atomic E-state index is 13.6. The summed E-state index contributed by atoms with van der Waals surface area (Å²) in [4.78, 5) is 25.8. The van der Waals surface area contributed by atoms with E-state index in [0.29, 0.717) is 5.02 Å². The van der Waals surface area contributed by atoms with E-state index in [9.17, 15) is 23.5 Å². The Hall–Kier alpha value is -2.55. The highest BCUT2D eigenvalue weighted by Gasteiger charge is 2.49. The summed E-state index contributed by atoms with van der Waals surface area (Å²) in [6, 6.07) is 9.22. The van der Waals surface area contributed by atoms with Crippen LogP contribution < -0.4 is 5.32 Å². The lowest BCUT2D eigenvalue weighted by atomic mass is 9.92. The standard InChI is InChI=1S/C20H19ClF2N2O4/c1-20(13-4-7-16(22)17(23)8-13)18(27)25(19(28)24-20)9-15(26)11-29-10-12-2-5-14(21)6-3-12/h2-8,15,26H,9-11H2,1H3,(H,24,28)/t15-,20+/m0/s1. The summed E-state index contributed by atoms with van der Waals surface area (Å²) in [5.74, 6) is -2.86. The number of urea groups is 1. The smallest absolute Gasteiger partial charge is 0.325 e. The molecule has 0 saturated carbocycles. The monoisotopic (exact) mass is 424 g/mol. The molecule has 0 aromatic heterocycles. The Morgan fingerprint density at radius 2 is 1.86 bits per heavy atom. The highest BCUT2D eigenvalue weighted by atomic mass is 35.5. The summed E-state index contributed by atoms with van der Waals surface area (Å²) in [5, 5.41) is 13.2. The maximum Gasteiger partial charge on any atom is 0.325 e. The fourth-order valence-electron chi connectivity index (χ4n) is 3.02. The second-order valence-corrected chi connectivity index (χ2v) is 7.33. The largest absolute Gasteiger partial charge is 0.389 e. The molecule has 2 atom stereocenters. The number of benzene rings is 2. The molecule has 1 heterocycles. The number of ether oxygens (including phenoxy) is 1. The molecule has 0 unspecified atom stereocenters. The number of carbonyl (C=O) groups is 2. The van der Waals surface area contributed by atoms with Crippen molar-refractivity contribution in [3.63, 3.8) is 0 Å². The molecule has 3 rings (SSSR count). The van der Waals surface area contributed by atoms with Gasteiger partial charge in [0.2, 0.25) is 0 Å². The molecule has 0 radical (unpaired) electrons. The van der Waals surface area contributed by atoms with Crippen LogP contribution >= 0.6 is 11.6 Å². The lowest BCUT2D eigenvalue weighted by Crippen LogP contribution is -2.42. The first kappa shape index (κ1) is 21.2. The molecular weight excluding hydrogens is 406 g/mol. The van der Waals surface area contributed by atoms with E-state index in [1.54, 1.807) is 24.3 Å². The zero-order valence-electron chi connectivity index (χ0n) is 15.5. The molecule has 0 aliphatic carbocycles. The number of nitrogens with zero attached hydrogens (tertiary/aromatic N) is 1. The van der Waals surface area contributed by atoms with Gasteiger partial charge in [0.25, 0.3) is 5.91 Å². The van der Waals surface area contributed by atoms with Crippen LogP contribution in [0.4, 0.5) is 13.6 Å². The zero-order chi connectivity index (χ0) is 21.2. The number of hydrogen-bond acceptors (Lipinski definition) is 4. The molecule has 29 heavy (non-hydrogen) atoms. The zero-order valence-corrected chi connectivity index (χ0v) is 16.2. The van der Waals surface area contributed by atoms with Crippen LogP contribution in [0.1, 0.15) is 18.1 Å². The molecule has 2 aromatic carbocycles. The van der Waals surface area contributed by atoms with Gasteiger partial charge >= 0.3 is 6.03 Å². The van der Waals surface area contributed by atoms with Crippen LogP contribution in [-0.2, 0) is 21.7 Å². The van der Waals surface area contributed by atoms with Crippen molar-refractivity contribution in [1.29, 1.82) is 0 Å². The second kappa shape index (κ2) is 8.44. The molecule has 6 nitrogen and oxygen atoms in total. The second-order valence-electron chi connectivity index (χ2n) is 6.90. The Labute approximate surface area is 171 Å². The number of hydrogen-bond donors (Lipinski definition) is 2. The van der Waals surface area contributed by atoms with Gasteiger partial charge in [-0.3, -0.25) is 9.69 Å². The summed E-state index contributed by atoms with van der Waals surface area (Å²) >= 11 is 5.81. The molecular formula is C20H19ClF2N2O4. The van der Waals surface area contributed by atoms with Crippen molar-refractivity contribution >= 4 is 23.5 Å². The number of carbonyl (C=O) groups excluding carboxylic acids is 2. The van der Waals surface area contributed by atoms with Gasteiger partial charge in [-0.1, -0.05) is 29.8 Å². The van der Waals surface area contributed by atoms with Crippen LogP contribution in [0, 0.1) is 11.6 Å². The first-order valence-electron chi connectivity index (χ1n) is 8.80. The Morgan fingerprint density at radius 3 is 2.52 bits per heavy atom. The van der Waals surface area contributed by atoms with Gasteiger partial charge in [0.05, 0.1) is 25.9 Å². The third-order valence-electron chi connectivity index (χ3n) is 4.66. The maximum absolute atomic E-state index is 13.6. The van der Waals surface area contributed by atoms with Crippen molar-refractivity contribution < 1.29 is 28.2 Å². The van der Waals surface area contributed by atoms with Gasteiger partial charge in [0, 0.05) is 5.02 Å². The van der Waals surface area contributed by atoms with Gasteiger partial charge < -0.3 is 15.2 Å². The summed E-state index contributed by atoms with van der Waals surface area (Å²) in [6.45, 7) is 1.20. The Morgan fingerprint density at radius 1 is 1.17 bits per heavy atom. The number of aliphatic hydroxyl groups is 1. The normalized spacial score (nSPS) is 20.1. The van der Waals surface area contributed by atoms with Gasteiger partial charge in [-0.05, 0) is 42.3 Å². The van der Waals surface area contributed by atoms with Gasteiger partial charge in [-0.25, -0.2) is 13.6 Å². The van der Waals surface area contributed by atoms with E-state index in [1.807, 2.05) is 0 Å². The predicted molar refractivity (Wildman–Crippen MR) is 101 cm³/mol. The Balaban J connectivity index is 1.60. The number of nitrogens with one attached hydrogen (secondary N) is 1. The summed E-state index contributed by atoms with van der Waals surface area (Å²) in [7, 11) is 0. The van der Waals surface area contributed by atoms with Crippen LogP contribution in [0.2, 0.25) is 5.02 Å². The van der Waals surface area contributed by atoms with Gasteiger partial charge in [-0.2, -0.15) is 0 Å². The van der Waals surface area contributed by atoms with Crippen LogP contribution in [0.25, 0.3) is 0 Å². The molecule has 9 heteroatoms. The minimum atomic E-state index is -1.56. The van der Waals surface area contributed by atoms with Crippen LogP contribution in [-0.4, -0.2) is 41.2 Å². The number of rotatable bonds is 7. The topological polar surface area (TPSA) is 78.9 Å². The fourth-order valence-corrected chi connectivity index (χ4v) is 3.15. The highest BCUT2D eigenvalue weighted by Crippen LogP contribution is 2.29. The number of aliphatic hydroxyl groups excluding tert-OH is 1. The van der Waals surface area contributed by atoms with Crippen molar-refractivity contribution in [2.24, 2.45) is 0 Å². The highest BCUT2D eigenvalue weighted by molar-refractivity contribution is 6.30. The Kier molecular flexibility index (Phi) is 6.16. The first-order valence-corrected chi connectivity index (χ1v) is 9.18. The first-order chi connectivity index (χ1) is 13.7. The number of halogens is 3. The van der Waals surface area contributed by atoms with Crippen LogP contribution in [0.5, 0.6) is 0 Å². The summed E-state index contributed by atoms with van der Waals surface area (Å²) in [6.07, 6.45) is -1.12. The quantitative estimate of drug-likeness (QED) is 0.670. The molecule has 0 spiro atoms. The number of β-amino-alcohol motifs (C(OH)–C–C–N with tert-alkyl or cyclic N) is 1. The van der Waals surface area contributed by atoms with Gasteiger partial charge in [0.1, 0.15) is 5.54 Å². The van der Waals surface area contributed by atoms with E-state index in [-0.39, 0.29) is 25.3 Å². The lowest BCUT2D eigenvalue weighted by molar-refractivity contribution is -0.132. The molecule has 1 fully saturated rings. The van der Waals surface area contributed by atoms with Gasteiger partial charge in [-0.15, -0.1) is 0 Å². The van der Waals surface area contributed by atoms with E-state index in [2.05, 4.69) is 5.32 Å². The molecule has 1 aliphatic heterocycles. The molecule has 2 N–H and O–H groups in total. The molecule has 0 bridgehead atoms. The van der Waals surface area contributed by atoms with Crippen LogP contribution in [0.3, 0.4) is 0 Å². The average molecular weight is 425 g/mol. The minimum absolute atomic E-state index is 0.103. The average Bonchev–Trinajstić information content (AvgIpc) is 2.89. The van der Waals surface area contributed by atoms with Crippen LogP contribution in [0.15, 0.2) is 42.5 Å². The number of imide groups is 1. The molecule has 3 amide bonds. The van der Waals surface area contributed by atoms with E-state index < -0.39 is 35.2 Å². The van der Waals surface area contributed by atoms with Crippen molar-refractivity contribution in [3.05, 3.63) is 70.2 Å². The van der Waals surface area contributed by atoms with Crippen molar-refractivity contribution in [1.82, 2.24) is 10.2 Å². The van der Waals surface area contributed by atoms with Crippen molar-refractivity contribution in [3.8, 4) is 0 Å². The third-order valence-corrected chi connectivity index (χ3v) is 4.91. The minimum Gasteiger partial charge on any atom is -0.389 e. The number of amides is 3. The SMILES string of the molecule is C[C@]1(c2ccc(F)c(F)c2)NC(=O)N(C[C@H](O)COCc2ccc(Cl)cc2)C1=O. The molecule has 2 aromatic rings. The third kappa shape index (κ3) is 4.55. The van der Waals surface area contributed by atoms with E-state index >= 15 is 0 Å². The van der Waals surface area contributed by atoms with E-state index in [4.69, 9.17) is 16.3 Å². The fraction of sp³-hybridized carbons (Fsp3) is 0.300. The predicted octanol–water partition coefficient (Wildman–Crippen LogP) is 2.96. The van der Waals surface area contributed by atoms with Crippen molar-refractivity contribution in [2.75, 3.05) is 13.2 Å². The van der Waals surface area contributed by atoms with E-state index in [1.165, 1.54) is 13.0 Å². The molecule has 1 saturated heterocycles. The van der Waals surface area contributed by atoms with Gasteiger partial charge in [0.15, 0.2) is 11.6 Å². The summed E-state index contributed by atoms with van der Waals surface area (Å²) in [5.41, 5.74) is -0.608. The van der Waals surface area contributed by atoms with Crippen molar-refractivity contribution in [2.45, 2.75) is 25.2 Å². The Bertz CT molecular complexity index is 925. The molecule has 154 valence electrons. The lowest BCUT2D eigenvalue weighted by Gasteiger charge is -2.23. The summed E-state index contributed by atoms with van der Waals surface area (Å²) < 4.78 is 32.2.